The van der Waals surface area contributed by atoms with E-state index in [0.29, 0.717) is 42.4 Å². The van der Waals surface area contributed by atoms with Crippen LogP contribution in [0.3, 0.4) is 0 Å². The molecule has 2 fully saturated rings. The van der Waals surface area contributed by atoms with E-state index in [1.54, 1.807) is 35.4 Å². The molecule has 0 radical (unpaired) electrons. The average Bonchev–Trinajstić information content (AvgIpc) is 3.32. The van der Waals surface area contributed by atoms with Crippen molar-refractivity contribution in [2.45, 2.75) is 18.9 Å². The lowest BCUT2D eigenvalue weighted by Crippen LogP contribution is -2.48. The zero-order valence-electron chi connectivity index (χ0n) is 14.4. The molecule has 2 aliphatic rings. The second kappa shape index (κ2) is 7.69. The maximum absolute atomic E-state index is 12.7. The molecule has 9 heteroatoms. The number of imide groups is 1. The van der Waals surface area contributed by atoms with E-state index < -0.39 is 0 Å². The van der Waals surface area contributed by atoms with E-state index in [4.69, 9.17) is 4.74 Å². The molecular formula is C18H17N3O4S2. The van der Waals surface area contributed by atoms with Crippen LogP contribution in [0.4, 0.5) is 4.79 Å². The summed E-state index contributed by atoms with van der Waals surface area (Å²) in [4.78, 5) is 43.6. The number of thiazole rings is 1. The van der Waals surface area contributed by atoms with Crippen LogP contribution in [0, 0.1) is 0 Å². The highest BCUT2D eigenvalue weighted by molar-refractivity contribution is 8.14. The van der Waals surface area contributed by atoms with Crippen LogP contribution in [-0.4, -0.2) is 56.7 Å². The van der Waals surface area contributed by atoms with Gasteiger partial charge in [-0.1, -0.05) is 23.1 Å². The minimum atomic E-state index is -0.166. The van der Waals surface area contributed by atoms with Gasteiger partial charge in [0.05, 0.1) is 5.75 Å². The first-order valence-electron chi connectivity index (χ1n) is 8.57. The maximum Gasteiger partial charge on any atom is 0.289 e. The van der Waals surface area contributed by atoms with Crippen LogP contribution in [-0.2, 0) is 4.79 Å². The predicted octanol–water partition coefficient (Wildman–Crippen LogP) is 3.24. The summed E-state index contributed by atoms with van der Waals surface area (Å²) in [6.07, 6.45) is 2.91. The number of amides is 3. The fraction of sp³-hybridized carbons (Fsp3) is 0.333. The summed E-state index contributed by atoms with van der Waals surface area (Å²) in [5, 5.41) is 2.22. The summed E-state index contributed by atoms with van der Waals surface area (Å²) in [6.45, 7) is 1.06. The lowest BCUT2D eigenvalue weighted by molar-refractivity contribution is -0.126. The number of thioether (sulfide) groups is 1. The predicted molar refractivity (Wildman–Crippen MR) is 102 cm³/mol. The van der Waals surface area contributed by atoms with Gasteiger partial charge in [0, 0.05) is 36.3 Å². The van der Waals surface area contributed by atoms with Gasteiger partial charge in [-0.2, -0.15) is 0 Å². The molecule has 2 saturated heterocycles. The molecule has 3 amide bonds. The monoisotopic (exact) mass is 403 g/mol. The van der Waals surface area contributed by atoms with Gasteiger partial charge in [0.1, 0.15) is 5.75 Å². The van der Waals surface area contributed by atoms with Crippen molar-refractivity contribution in [3.05, 3.63) is 41.4 Å². The third kappa shape index (κ3) is 3.84. The largest absolute Gasteiger partial charge is 0.431 e. The van der Waals surface area contributed by atoms with Gasteiger partial charge >= 0.3 is 0 Å². The van der Waals surface area contributed by atoms with E-state index in [0.717, 1.165) is 11.8 Å². The first kappa shape index (κ1) is 18.0. The summed E-state index contributed by atoms with van der Waals surface area (Å²) in [5.41, 5.74) is 0.587. The second-order valence-corrected chi connectivity index (χ2v) is 8.05. The van der Waals surface area contributed by atoms with Gasteiger partial charge in [-0.3, -0.25) is 19.3 Å². The molecule has 0 spiro atoms. The van der Waals surface area contributed by atoms with Crippen molar-refractivity contribution in [1.82, 2.24) is 14.8 Å². The molecule has 1 aromatic carbocycles. The minimum Gasteiger partial charge on any atom is -0.431 e. The van der Waals surface area contributed by atoms with Crippen molar-refractivity contribution < 1.29 is 19.1 Å². The molecule has 2 aromatic rings. The number of hydrogen-bond donors (Lipinski definition) is 0. The molecule has 27 heavy (non-hydrogen) atoms. The number of hydrogen-bond acceptors (Lipinski definition) is 7. The van der Waals surface area contributed by atoms with Gasteiger partial charge in [-0.05, 0) is 37.1 Å². The summed E-state index contributed by atoms with van der Waals surface area (Å²) in [5.74, 6) is 0.685. The van der Waals surface area contributed by atoms with Crippen LogP contribution in [0.25, 0.3) is 0 Å². The standard InChI is InChI=1S/C18H17N3O4S2/c22-15-11-27-18(24)21(15)13-5-8-20(9-6-13)16(23)12-1-3-14(4-2-12)25-17-19-7-10-26-17/h1-4,7,10,13H,5-6,8-9,11H2. The van der Waals surface area contributed by atoms with Gasteiger partial charge in [-0.25, -0.2) is 4.98 Å². The summed E-state index contributed by atoms with van der Waals surface area (Å²) in [6, 6.07) is 6.88. The molecule has 0 saturated carbocycles. The number of benzene rings is 1. The maximum atomic E-state index is 12.7. The zero-order valence-corrected chi connectivity index (χ0v) is 16.0. The number of piperidine rings is 1. The highest BCUT2D eigenvalue weighted by atomic mass is 32.2. The van der Waals surface area contributed by atoms with Crippen molar-refractivity contribution in [1.29, 1.82) is 0 Å². The fourth-order valence-electron chi connectivity index (χ4n) is 3.25. The molecule has 0 aliphatic carbocycles. The van der Waals surface area contributed by atoms with Crippen LogP contribution in [0.15, 0.2) is 35.8 Å². The molecule has 2 aliphatic heterocycles. The third-order valence-electron chi connectivity index (χ3n) is 4.62. The summed E-state index contributed by atoms with van der Waals surface area (Å²) in [7, 11) is 0. The number of nitrogens with zero attached hydrogens (tertiary/aromatic N) is 3. The Balaban J connectivity index is 1.35. The van der Waals surface area contributed by atoms with E-state index in [1.165, 1.54) is 16.2 Å². The minimum absolute atomic E-state index is 0.0531. The number of rotatable bonds is 4. The van der Waals surface area contributed by atoms with Crippen molar-refractivity contribution in [2.24, 2.45) is 0 Å². The van der Waals surface area contributed by atoms with Crippen LogP contribution < -0.4 is 4.74 Å². The number of carbonyl (C=O) groups is 3. The molecule has 0 unspecified atom stereocenters. The molecule has 7 nitrogen and oxygen atoms in total. The molecular weight excluding hydrogens is 386 g/mol. The topological polar surface area (TPSA) is 79.8 Å². The van der Waals surface area contributed by atoms with Crippen LogP contribution in [0.2, 0.25) is 0 Å². The zero-order chi connectivity index (χ0) is 18.8. The van der Waals surface area contributed by atoms with Crippen molar-refractivity contribution in [2.75, 3.05) is 18.8 Å². The van der Waals surface area contributed by atoms with E-state index in [9.17, 15) is 14.4 Å². The Morgan fingerprint density at radius 2 is 1.89 bits per heavy atom. The molecule has 1 aromatic heterocycles. The van der Waals surface area contributed by atoms with Crippen molar-refractivity contribution in [3.63, 3.8) is 0 Å². The number of aromatic nitrogens is 1. The average molecular weight is 403 g/mol. The normalized spacial score (nSPS) is 18.2. The quantitative estimate of drug-likeness (QED) is 0.780. The summed E-state index contributed by atoms with van der Waals surface area (Å²) >= 11 is 2.45. The Bertz CT molecular complexity index is 830. The van der Waals surface area contributed by atoms with E-state index >= 15 is 0 Å². The third-order valence-corrected chi connectivity index (χ3v) is 6.10. The van der Waals surface area contributed by atoms with Crippen LogP contribution in [0.1, 0.15) is 23.2 Å². The SMILES string of the molecule is O=C(c1ccc(Oc2nccs2)cc1)N1CCC(N2C(=O)CSC2=O)CC1. The molecule has 0 bridgehead atoms. The first-order chi connectivity index (χ1) is 13.1. The number of likely N-dealkylation sites (tertiary alicyclic amines) is 1. The lowest BCUT2D eigenvalue weighted by Gasteiger charge is -2.35. The molecule has 4 rings (SSSR count). The molecule has 0 N–H and O–H groups in total. The van der Waals surface area contributed by atoms with Gasteiger partial charge in [0.25, 0.3) is 16.3 Å². The lowest BCUT2D eigenvalue weighted by atomic mass is 10.0. The Morgan fingerprint density at radius 3 is 2.48 bits per heavy atom. The second-order valence-electron chi connectivity index (χ2n) is 6.27. The van der Waals surface area contributed by atoms with Crippen molar-refractivity contribution in [3.8, 4) is 10.9 Å². The molecule has 3 heterocycles. The van der Waals surface area contributed by atoms with Gasteiger partial charge < -0.3 is 9.64 Å². The highest BCUT2D eigenvalue weighted by Crippen LogP contribution is 2.28. The van der Waals surface area contributed by atoms with Crippen LogP contribution >= 0.6 is 23.1 Å². The van der Waals surface area contributed by atoms with Gasteiger partial charge in [-0.15, -0.1) is 0 Å². The highest BCUT2D eigenvalue weighted by Gasteiger charge is 2.38. The fourth-order valence-corrected chi connectivity index (χ4v) is 4.53. The van der Waals surface area contributed by atoms with E-state index in [2.05, 4.69) is 4.98 Å². The number of carbonyl (C=O) groups excluding carboxylic acids is 3. The summed E-state index contributed by atoms with van der Waals surface area (Å²) < 4.78 is 5.60. The Kier molecular flexibility index (Phi) is 5.13. The van der Waals surface area contributed by atoms with Crippen molar-refractivity contribution >= 4 is 40.2 Å². The van der Waals surface area contributed by atoms with Gasteiger partial charge in [0.15, 0.2) is 0 Å². The smallest absolute Gasteiger partial charge is 0.289 e. The Morgan fingerprint density at radius 1 is 1.15 bits per heavy atom. The molecule has 140 valence electrons. The van der Waals surface area contributed by atoms with E-state index in [-0.39, 0.29) is 28.8 Å². The number of ether oxygens (including phenoxy) is 1. The van der Waals surface area contributed by atoms with Crippen LogP contribution in [0.5, 0.6) is 10.9 Å². The Labute approximate surface area is 164 Å². The van der Waals surface area contributed by atoms with E-state index in [1.807, 2.05) is 5.38 Å². The van der Waals surface area contributed by atoms with Gasteiger partial charge in [0.2, 0.25) is 5.91 Å². The molecule has 0 atom stereocenters. The Hall–Kier alpha value is -2.39. The first-order valence-corrected chi connectivity index (χ1v) is 10.4.